The molecule has 0 bridgehead atoms. The molecule has 0 saturated carbocycles. The predicted molar refractivity (Wildman–Crippen MR) is 73.2 cm³/mol. The Hall–Kier alpha value is -1.01. The molecule has 0 amide bonds. The maximum Gasteiger partial charge on any atom is 0.336 e. The third-order valence-electron chi connectivity index (χ3n) is 2.35. The number of thioether (sulfide) groups is 1. The van der Waals surface area contributed by atoms with Gasteiger partial charge in [0.1, 0.15) is 0 Å². The van der Waals surface area contributed by atoms with Crippen LogP contribution < -0.4 is 0 Å². The molecule has 0 aliphatic heterocycles. The van der Waals surface area contributed by atoms with Gasteiger partial charge in [0.2, 0.25) is 0 Å². The summed E-state index contributed by atoms with van der Waals surface area (Å²) in [5.41, 5.74) is -0.672. The molecule has 18 heavy (non-hydrogen) atoms. The average Bonchev–Trinajstić information content (AvgIpc) is 2.27. The van der Waals surface area contributed by atoms with E-state index in [0.29, 0.717) is 10.2 Å². The highest BCUT2D eigenvalue weighted by Gasteiger charge is 2.27. The fourth-order valence-corrected chi connectivity index (χ4v) is 2.52. The molecule has 0 aromatic heterocycles. The summed E-state index contributed by atoms with van der Waals surface area (Å²) in [6.45, 7) is 3.28. The molecule has 0 heterocycles. The molecule has 0 aliphatic carbocycles. The van der Waals surface area contributed by atoms with Crippen molar-refractivity contribution in [2.75, 3.05) is 5.75 Å². The Morgan fingerprint density at radius 1 is 1.33 bits per heavy atom. The van der Waals surface area contributed by atoms with Crippen molar-refractivity contribution in [3.8, 4) is 0 Å². The van der Waals surface area contributed by atoms with Crippen LogP contribution in [0.5, 0.6) is 0 Å². The summed E-state index contributed by atoms with van der Waals surface area (Å²) in [6, 6.07) is 4.95. The Kier molecular flexibility index (Phi) is 4.81. The van der Waals surface area contributed by atoms with Gasteiger partial charge in [-0.2, -0.15) is 0 Å². The van der Waals surface area contributed by atoms with Gasteiger partial charge >= 0.3 is 11.9 Å². The fourth-order valence-electron chi connectivity index (χ4n) is 1.08. The van der Waals surface area contributed by atoms with Crippen molar-refractivity contribution in [3.63, 3.8) is 0 Å². The van der Waals surface area contributed by atoms with E-state index < -0.39 is 17.4 Å². The van der Waals surface area contributed by atoms with Crippen LogP contribution in [0.2, 0.25) is 0 Å². The standard InChI is InChI=1S/C12H13BrO4S/c1-12(2,11(16)17)6-18-7-3-4-9(13)8(5-7)10(14)15/h3-5H,6H2,1-2H3,(H,14,15)(H,16,17). The smallest absolute Gasteiger partial charge is 0.336 e. The lowest BCUT2D eigenvalue weighted by Crippen LogP contribution is -2.26. The van der Waals surface area contributed by atoms with E-state index in [0.717, 1.165) is 4.90 Å². The van der Waals surface area contributed by atoms with E-state index in [1.807, 2.05) is 0 Å². The number of halogens is 1. The Balaban J connectivity index is 2.84. The van der Waals surface area contributed by atoms with Crippen molar-refractivity contribution in [2.24, 2.45) is 5.41 Å². The van der Waals surface area contributed by atoms with Gasteiger partial charge in [0.05, 0.1) is 11.0 Å². The van der Waals surface area contributed by atoms with Crippen molar-refractivity contribution < 1.29 is 19.8 Å². The Labute approximate surface area is 118 Å². The number of carboxylic acid groups (broad SMARTS) is 2. The maximum atomic E-state index is 11.0. The van der Waals surface area contributed by atoms with Crippen LogP contribution >= 0.6 is 27.7 Å². The predicted octanol–water partition coefficient (Wildman–Crippen LogP) is 3.35. The normalized spacial score (nSPS) is 11.3. The molecule has 0 fully saturated rings. The highest BCUT2D eigenvalue weighted by molar-refractivity contribution is 9.10. The average molecular weight is 333 g/mol. The van der Waals surface area contributed by atoms with Crippen LogP contribution in [0.1, 0.15) is 24.2 Å². The van der Waals surface area contributed by atoms with E-state index in [4.69, 9.17) is 10.2 Å². The highest BCUT2D eigenvalue weighted by atomic mass is 79.9. The molecule has 2 N–H and O–H groups in total. The van der Waals surface area contributed by atoms with E-state index in [1.165, 1.54) is 17.8 Å². The van der Waals surface area contributed by atoms with Crippen LogP contribution in [0, 0.1) is 5.41 Å². The Morgan fingerprint density at radius 2 is 1.94 bits per heavy atom. The summed E-state index contributed by atoms with van der Waals surface area (Å²) in [6.07, 6.45) is 0. The summed E-state index contributed by atoms with van der Waals surface area (Å²) in [5.74, 6) is -1.50. The van der Waals surface area contributed by atoms with Gasteiger partial charge in [0, 0.05) is 15.1 Å². The molecule has 1 aromatic carbocycles. The second kappa shape index (κ2) is 5.75. The molecule has 4 nitrogen and oxygen atoms in total. The lowest BCUT2D eigenvalue weighted by molar-refractivity contribution is -0.145. The van der Waals surface area contributed by atoms with Gasteiger partial charge in [-0.3, -0.25) is 4.79 Å². The van der Waals surface area contributed by atoms with Crippen LogP contribution in [-0.4, -0.2) is 27.9 Å². The molecule has 0 saturated heterocycles. The molecule has 0 spiro atoms. The second-order valence-electron chi connectivity index (χ2n) is 4.42. The molecule has 1 aromatic rings. The zero-order valence-electron chi connectivity index (χ0n) is 9.94. The first-order valence-corrected chi connectivity index (χ1v) is 6.91. The van der Waals surface area contributed by atoms with Crippen molar-refractivity contribution in [1.82, 2.24) is 0 Å². The minimum Gasteiger partial charge on any atom is -0.481 e. The number of benzene rings is 1. The number of hydrogen-bond acceptors (Lipinski definition) is 3. The van der Waals surface area contributed by atoms with Gasteiger partial charge in [-0.15, -0.1) is 11.8 Å². The summed E-state index contributed by atoms with van der Waals surface area (Å²) in [4.78, 5) is 22.6. The van der Waals surface area contributed by atoms with Gasteiger partial charge in [0.25, 0.3) is 0 Å². The molecule has 98 valence electrons. The van der Waals surface area contributed by atoms with Crippen molar-refractivity contribution in [1.29, 1.82) is 0 Å². The third kappa shape index (κ3) is 3.74. The quantitative estimate of drug-likeness (QED) is 0.809. The zero-order valence-corrected chi connectivity index (χ0v) is 12.3. The molecule has 0 aliphatic rings. The third-order valence-corrected chi connectivity index (χ3v) is 4.49. The van der Waals surface area contributed by atoms with Gasteiger partial charge < -0.3 is 10.2 Å². The van der Waals surface area contributed by atoms with Crippen molar-refractivity contribution >= 4 is 39.6 Å². The van der Waals surface area contributed by atoms with E-state index in [2.05, 4.69) is 15.9 Å². The van der Waals surface area contributed by atoms with Gasteiger partial charge in [-0.25, -0.2) is 4.79 Å². The molecular weight excluding hydrogens is 320 g/mol. The minimum atomic E-state index is -1.01. The summed E-state index contributed by atoms with van der Waals surface area (Å²) < 4.78 is 0.511. The zero-order chi connectivity index (χ0) is 13.9. The molecule has 0 radical (unpaired) electrons. The number of aromatic carboxylic acids is 1. The fraction of sp³-hybridized carbons (Fsp3) is 0.333. The minimum absolute atomic E-state index is 0.174. The van der Waals surface area contributed by atoms with E-state index >= 15 is 0 Å². The van der Waals surface area contributed by atoms with E-state index in [1.54, 1.807) is 26.0 Å². The highest BCUT2D eigenvalue weighted by Crippen LogP contribution is 2.30. The first-order chi connectivity index (χ1) is 8.24. The number of hydrogen-bond donors (Lipinski definition) is 2. The molecule has 1 rings (SSSR count). The van der Waals surface area contributed by atoms with E-state index in [-0.39, 0.29) is 5.56 Å². The maximum absolute atomic E-state index is 11.0. The number of carboxylic acids is 2. The summed E-state index contributed by atoms with van der Waals surface area (Å²) >= 11 is 4.49. The Bertz CT molecular complexity index is 485. The largest absolute Gasteiger partial charge is 0.481 e. The van der Waals surface area contributed by atoms with Crippen LogP contribution in [0.25, 0.3) is 0 Å². The Morgan fingerprint density at radius 3 is 2.44 bits per heavy atom. The molecular formula is C12H13BrO4S. The monoisotopic (exact) mass is 332 g/mol. The van der Waals surface area contributed by atoms with Gasteiger partial charge in [0.15, 0.2) is 0 Å². The SMILES string of the molecule is CC(C)(CSc1ccc(Br)c(C(=O)O)c1)C(=O)O. The summed E-state index contributed by atoms with van der Waals surface area (Å²) in [7, 11) is 0. The van der Waals surface area contributed by atoms with Gasteiger partial charge in [-0.05, 0) is 48.0 Å². The number of rotatable bonds is 5. The van der Waals surface area contributed by atoms with Crippen LogP contribution in [0.15, 0.2) is 27.6 Å². The van der Waals surface area contributed by atoms with Gasteiger partial charge in [-0.1, -0.05) is 0 Å². The topological polar surface area (TPSA) is 74.6 Å². The second-order valence-corrected chi connectivity index (χ2v) is 6.33. The summed E-state index contributed by atoms with van der Waals surface area (Å²) in [5, 5.41) is 18.0. The lowest BCUT2D eigenvalue weighted by atomic mass is 9.97. The first kappa shape index (κ1) is 15.0. The van der Waals surface area contributed by atoms with Crippen molar-refractivity contribution in [2.45, 2.75) is 18.7 Å². The molecule has 0 unspecified atom stereocenters. The number of aliphatic carboxylic acids is 1. The first-order valence-electron chi connectivity index (χ1n) is 5.13. The molecule has 6 heteroatoms. The van der Waals surface area contributed by atoms with Crippen LogP contribution in [0.3, 0.4) is 0 Å². The van der Waals surface area contributed by atoms with Crippen molar-refractivity contribution in [3.05, 3.63) is 28.2 Å². The van der Waals surface area contributed by atoms with Crippen LogP contribution in [0.4, 0.5) is 0 Å². The van der Waals surface area contributed by atoms with Crippen LogP contribution in [-0.2, 0) is 4.79 Å². The van der Waals surface area contributed by atoms with E-state index in [9.17, 15) is 9.59 Å². The lowest BCUT2D eigenvalue weighted by Gasteiger charge is -2.18. The number of carbonyl (C=O) groups is 2. The molecule has 0 atom stereocenters.